The molecule has 6 heteroatoms. The van der Waals surface area contributed by atoms with E-state index in [9.17, 15) is 10.1 Å². The number of nitrogens with one attached hydrogen (secondary N) is 1. The molecular weight excluding hydrogens is 136 g/mol. The van der Waals surface area contributed by atoms with E-state index in [0.29, 0.717) is 5.01 Å². The van der Waals surface area contributed by atoms with Crippen LogP contribution in [0.15, 0.2) is 17.3 Å². The zero-order chi connectivity index (χ0) is 7.56. The third-order valence-electron chi connectivity index (χ3n) is 1.02. The maximum Gasteiger partial charge on any atom is 0.281 e. The molecule has 0 unspecified atom stereocenters. The van der Waals surface area contributed by atoms with Crippen LogP contribution in [0.2, 0.25) is 0 Å². The van der Waals surface area contributed by atoms with Gasteiger partial charge in [0.1, 0.15) is 6.54 Å². The normalized spacial score (nSPS) is 16.8. The first kappa shape index (κ1) is 6.53. The topological polar surface area (TPSA) is 82.5 Å². The largest absolute Gasteiger partial charge is 0.281 e. The standard InChI is InChI=1S/C4H5N4O2/c5-4-6-2-1-3-7(4)8(9)10/h1-2,5H,3H2. The fourth-order valence-electron chi connectivity index (χ4n) is 0.567. The lowest BCUT2D eigenvalue weighted by Crippen LogP contribution is -2.38. The van der Waals surface area contributed by atoms with E-state index < -0.39 is 5.03 Å². The summed E-state index contributed by atoms with van der Waals surface area (Å²) in [5, 5.41) is 10.1. The second-order valence-corrected chi connectivity index (χ2v) is 1.66. The van der Waals surface area contributed by atoms with E-state index in [1.54, 1.807) is 0 Å². The molecule has 1 N–H and O–H groups in total. The van der Waals surface area contributed by atoms with Crippen molar-refractivity contribution >= 4 is 5.96 Å². The van der Waals surface area contributed by atoms with Crippen LogP contribution in [-0.2, 0) is 0 Å². The molecule has 0 amide bonds. The lowest BCUT2D eigenvalue weighted by Gasteiger charge is -2.10. The third-order valence-corrected chi connectivity index (χ3v) is 1.02. The number of hydrazine groups is 1. The maximum atomic E-state index is 10.1. The van der Waals surface area contributed by atoms with Crippen LogP contribution in [0.5, 0.6) is 0 Å². The first-order valence-electron chi connectivity index (χ1n) is 2.58. The Kier molecular flexibility index (Phi) is 1.53. The quantitative estimate of drug-likeness (QED) is 0.369. The third kappa shape index (κ3) is 1.04. The van der Waals surface area contributed by atoms with Crippen LogP contribution in [0.4, 0.5) is 0 Å². The molecule has 1 aliphatic rings. The molecule has 6 nitrogen and oxygen atoms in total. The Morgan fingerprint density at radius 2 is 2.60 bits per heavy atom. The van der Waals surface area contributed by atoms with E-state index in [2.05, 4.69) is 4.99 Å². The zero-order valence-corrected chi connectivity index (χ0v) is 5.02. The minimum absolute atomic E-state index is 0.120. The fourth-order valence-corrected chi connectivity index (χ4v) is 0.567. The Bertz CT molecular complexity index is 209. The summed E-state index contributed by atoms with van der Waals surface area (Å²) in [5.74, 6) is -0.326. The van der Waals surface area contributed by atoms with E-state index >= 15 is 0 Å². The predicted octanol–water partition coefficient (Wildman–Crippen LogP) is -0.354. The molecule has 0 aliphatic carbocycles. The van der Waals surface area contributed by atoms with Gasteiger partial charge in [0, 0.05) is 6.20 Å². The van der Waals surface area contributed by atoms with Crippen molar-refractivity contribution in [3.05, 3.63) is 22.4 Å². The molecule has 0 spiro atoms. The van der Waals surface area contributed by atoms with Crippen LogP contribution in [0.1, 0.15) is 0 Å². The summed E-state index contributed by atoms with van der Waals surface area (Å²) in [6, 6.07) is 0. The number of guanidine groups is 1. The second kappa shape index (κ2) is 2.34. The van der Waals surface area contributed by atoms with E-state index in [4.69, 9.17) is 5.73 Å². The predicted molar refractivity (Wildman–Crippen MR) is 33.4 cm³/mol. The number of hydrogen-bond donors (Lipinski definition) is 0. The van der Waals surface area contributed by atoms with Gasteiger partial charge in [-0.05, 0) is 6.08 Å². The maximum absolute atomic E-state index is 10.1. The molecule has 1 aliphatic heterocycles. The van der Waals surface area contributed by atoms with Gasteiger partial charge in [0.15, 0.2) is 5.03 Å². The number of nitro groups is 1. The Morgan fingerprint density at radius 3 is 3.00 bits per heavy atom. The van der Waals surface area contributed by atoms with E-state index in [1.807, 2.05) is 0 Å². The van der Waals surface area contributed by atoms with Crippen LogP contribution in [0.3, 0.4) is 0 Å². The summed E-state index contributed by atoms with van der Waals surface area (Å²) in [6.45, 7) is 0.120. The van der Waals surface area contributed by atoms with Crippen LogP contribution >= 0.6 is 0 Å². The fraction of sp³-hybridized carbons (Fsp3) is 0.250. The van der Waals surface area contributed by atoms with Crippen molar-refractivity contribution in [3.63, 3.8) is 0 Å². The minimum atomic E-state index is -0.657. The average molecular weight is 141 g/mol. The number of nitrogens with zero attached hydrogens (tertiary/aromatic N) is 3. The molecule has 0 aromatic rings. The van der Waals surface area contributed by atoms with Crippen molar-refractivity contribution in [3.8, 4) is 0 Å². The molecule has 0 aromatic carbocycles. The highest BCUT2D eigenvalue weighted by Gasteiger charge is 2.19. The molecule has 0 atom stereocenters. The summed E-state index contributed by atoms with van der Waals surface area (Å²) >= 11 is 0. The molecule has 1 rings (SSSR count). The van der Waals surface area contributed by atoms with E-state index in [0.717, 1.165) is 0 Å². The zero-order valence-electron chi connectivity index (χ0n) is 5.02. The Morgan fingerprint density at radius 1 is 1.90 bits per heavy atom. The van der Waals surface area contributed by atoms with Crippen molar-refractivity contribution in [2.24, 2.45) is 4.99 Å². The molecule has 0 aromatic heterocycles. The van der Waals surface area contributed by atoms with Gasteiger partial charge in [0.2, 0.25) is 0 Å². The highest BCUT2D eigenvalue weighted by Crippen LogP contribution is 1.96. The van der Waals surface area contributed by atoms with Gasteiger partial charge in [0.05, 0.1) is 0 Å². The van der Waals surface area contributed by atoms with Crippen molar-refractivity contribution in [2.45, 2.75) is 0 Å². The average Bonchev–Trinajstić information content (AvgIpc) is 1.88. The summed E-state index contributed by atoms with van der Waals surface area (Å²) in [7, 11) is 0. The molecule has 1 radical (unpaired) electrons. The van der Waals surface area contributed by atoms with Gasteiger partial charge in [-0.2, -0.15) is 0 Å². The minimum Gasteiger partial charge on any atom is -0.263 e. The monoisotopic (exact) mass is 141 g/mol. The Balaban J connectivity index is 2.73. The van der Waals surface area contributed by atoms with Crippen molar-refractivity contribution in [1.82, 2.24) is 10.7 Å². The van der Waals surface area contributed by atoms with Crippen molar-refractivity contribution in [2.75, 3.05) is 6.54 Å². The molecule has 10 heavy (non-hydrogen) atoms. The van der Waals surface area contributed by atoms with Crippen molar-refractivity contribution in [1.29, 1.82) is 0 Å². The van der Waals surface area contributed by atoms with Gasteiger partial charge >= 0.3 is 0 Å². The summed E-state index contributed by atoms with van der Waals surface area (Å²) in [5.41, 5.74) is 6.94. The Labute approximate surface area is 56.8 Å². The molecule has 1 heterocycles. The van der Waals surface area contributed by atoms with Crippen LogP contribution in [0.25, 0.3) is 0 Å². The SMILES string of the molecule is [NH]C1=NC=CCN1[N+](=O)[O-]. The molecule has 0 saturated carbocycles. The van der Waals surface area contributed by atoms with Gasteiger partial charge < -0.3 is 0 Å². The molecular formula is C4H5N4O2. The highest BCUT2D eigenvalue weighted by atomic mass is 16.7. The molecule has 53 valence electrons. The van der Waals surface area contributed by atoms with Gasteiger partial charge in [0.25, 0.3) is 5.96 Å². The van der Waals surface area contributed by atoms with E-state index in [1.165, 1.54) is 12.3 Å². The van der Waals surface area contributed by atoms with Gasteiger partial charge in [-0.25, -0.2) is 15.1 Å². The lowest BCUT2D eigenvalue weighted by atomic mass is 10.5. The van der Waals surface area contributed by atoms with Crippen LogP contribution in [-0.4, -0.2) is 22.5 Å². The highest BCUT2D eigenvalue weighted by molar-refractivity contribution is 5.77. The summed E-state index contributed by atoms with van der Waals surface area (Å²) < 4.78 is 0. The number of hydrogen-bond acceptors (Lipinski definition) is 3. The van der Waals surface area contributed by atoms with Crippen molar-refractivity contribution < 1.29 is 5.03 Å². The first-order chi connectivity index (χ1) is 4.72. The molecule has 0 bridgehead atoms. The van der Waals surface area contributed by atoms with Crippen LogP contribution in [0, 0.1) is 10.1 Å². The van der Waals surface area contributed by atoms with Gasteiger partial charge in [-0.3, -0.25) is 5.73 Å². The van der Waals surface area contributed by atoms with Crippen LogP contribution < -0.4 is 5.73 Å². The summed E-state index contributed by atoms with van der Waals surface area (Å²) in [4.78, 5) is 13.5. The number of rotatable bonds is 1. The van der Waals surface area contributed by atoms with Gasteiger partial charge in [-0.15, -0.1) is 0 Å². The Hall–Kier alpha value is -1.59. The van der Waals surface area contributed by atoms with E-state index in [-0.39, 0.29) is 12.5 Å². The summed E-state index contributed by atoms with van der Waals surface area (Å²) in [6.07, 6.45) is 2.89. The lowest BCUT2D eigenvalue weighted by molar-refractivity contribution is -0.627. The molecule has 0 saturated heterocycles. The second-order valence-electron chi connectivity index (χ2n) is 1.66. The molecule has 0 fully saturated rings. The first-order valence-corrected chi connectivity index (χ1v) is 2.58. The smallest absolute Gasteiger partial charge is 0.263 e. The number of aliphatic imine (C=N–C) groups is 1. The van der Waals surface area contributed by atoms with Gasteiger partial charge in [-0.1, -0.05) is 5.01 Å².